The molecule has 1 heterocycles. The van der Waals surface area contributed by atoms with E-state index in [4.69, 9.17) is 9.47 Å². The van der Waals surface area contributed by atoms with Crippen molar-refractivity contribution in [1.82, 2.24) is 5.32 Å². The molecule has 1 unspecified atom stereocenters. The summed E-state index contributed by atoms with van der Waals surface area (Å²) in [7, 11) is 0. The Kier molecular flexibility index (Phi) is 5.69. The highest BCUT2D eigenvalue weighted by molar-refractivity contribution is 9.10. The lowest BCUT2D eigenvalue weighted by Gasteiger charge is -2.23. The fraction of sp³-hybridized carbons (Fsp3) is 0.647. The smallest absolute Gasteiger partial charge is 0.126 e. The van der Waals surface area contributed by atoms with Gasteiger partial charge >= 0.3 is 0 Å². The molecule has 21 heavy (non-hydrogen) atoms. The Labute approximate surface area is 136 Å². The van der Waals surface area contributed by atoms with Crippen molar-refractivity contribution in [3.63, 3.8) is 0 Å². The molecule has 3 nitrogen and oxygen atoms in total. The van der Waals surface area contributed by atoms with Crippen molar-refractivity contribution in [2.24, 2.45) is 0 Å². The molecule has 0 bridgehead atoms. The van der Waals surface area contributed by atoms with Gasteiger partial charge in [-0.15, -0.1) is 0 Å². The number of hydrogen-bond acceptors (Lipinski definition) is 3. The minimum Gasteiger partial charge on any atom is -0.490 e. The minimum absolute atomic E-state index is 0.0854. The molecule has 0 amide bonds. The van der Waals surface area contributed by atoms with Gasteiger partial charge in [0.05, 0.1) is 6.10 Å². The van der Waals surface area contributed by atoms with E-state index in [1.165, 1.54) is 5.56 Å². The van der Waals surface area contributed by atoms with Crippen LogP contribution in [-0.2, 0) is 11.3 Å². The third kappa shape index (κ3) is 5.28. The highest BCUT2D eigenvalue weighted by Gasteiger charge is 2.18. The van der Waals surface area contributed by atoms with Crippen molar-refractivity contribution in [2.75, 3.05) is 13.2 Å². The predicted octanol–water partition coefficient (Wildman–Crippen LogP) is 4.20. The van der Waals surface area contributed by atoms with Gasteiger partial charge in [0.25, 0.3) is 0 Å². The Morgan fingerprint density at radius 1 is 1.38 bits per heavy atom. The van der Waals surface area contributed by atoms with Gasteiger partial charge in [-0.3, -0.25) is 0 Å². The van der Waals surface area contributed by atoms with Crippen LogP contribution >= 0.6 is 15.9 Å². The fourth-order valence-corrected chi connectivity index (χ4v) is 3.07. The Balaban J connectivity index is 2.09. The molecule has 1 fully saturated rings. The van der Waals surface area contributed by atoms with Gasteiger partial charge in [-0.05, 0) is 58.2 Å². The van der Waals surface area contributed by atoms with E-state index in [1.807, 2.05) is 0 Å². The first kappa shape index (κ1) is 16.8. The molecule has 1 aliphatic heterocycles. The first-order valence-electron chi connectivity index (χ1n) is 7.63. The summed E-state index contributed by atoms with van der Waals surface area (Å²) >= 11 is 3.58. The van der Waals surface area contributed by atoms with E-state index < -0.39 is 0 Å². The van der Waals surface area contributed by atoms with Crippen molar-refractivity contribution < 1.29 is 9.47 Å². The van der Waals surface area contributed by atoms with E-state index in [0.29, 0.717) is 6.61 Å². The lowest BCUT2D eigenvalue weighted by atomic mass is 10.1. The second-order valence-electron chi connectivity index (χ2n) is 6.76. The van der Waals surface area contributed by atoms with Gasteiger partial charge in [0.1, 0.15) is 12.4 Å². The molecule has 0 spiro atoms. The number of aryl methyl sites for hydroxylation is 1. The average Bonchev–Trinajstić information content (AvgIpc) is 2.87. The van der Waals surface area contributed by atoms with Crippen molar-refractivity contribution in [1.29, 1.82) is 0 Å². The maximum absolute atomic E-state index is 6.09. The Morgan fingerprint density at radius 3 is 2.76 bits per heavy atom. The zero-order valence-corrected chi connectivity index (χ0v) is 15.0. The van der Waals surface area contributed by atoms with Crippen LogP contribution in [0.3, 0.4) is 0 Å². The first-order valence-corrected chi connectivity index (χ1v) is 8.43. The number of rotatable bonds is 5. The van der Waals surface area contributed by atoms with Crippen molar-refractivity contribution in [2.45, 2.75) is 58.7 Å². The molecule has 0 aromatic heterocycles. The van der Waals surface area contributed by atoms with Gasteiger partial charge in [-0.1, -0.05) is 15.9 Å². The monoisotopic (exact) mass is 355 g/mol. The molecular weight excluding hydrogens is 330 g/mol. The van der Waals surface area contributed by atoms with Gasteiger partial charge < -0.3 is 14.8 Å². The standard InChI is InChI=1S/C17H26BrNO2/c1-12-8-14(18)9-13(10-19-17(2,3)4)16(12)21-11-15-6-5-7-20-15/h8-9,15,19H,5-7,10-11H2,1-4H3. The molecule has 1 aromatic carbocycles. The van der Waals surface area contributed by atoms with Gasteiger partial charge in [0.15, 0.2) is 0 Å². The second kappa shape index (κ2) is 7.12. The van der Waals surface area contributed by atoms with Gasteiger partial charge in [0.2, 0.25) is 0 Å². The van der Waals surface area contributed by atoms with E-state index >= 15 is 0 Å². The molecule has 1 saturated heterocycles. The average molecular weight is 356 g/mol. The molecule has 1 N–H and O–H groups in total. The summed E-state index contributed by atoms with van der Waals surface area (Å²) in [5.41, 5.74) is 2.44. The summed E-state index contributed by atoms with van der Waals surface area (Å²) in [6.07, 6.45) is 2.49. The predicted molar refractivity (Wildman–Crippen MR) is 89.9 cm³/mol. The molecule has 0 aliphatic carbocycles. The summed E-state index contributed by atoms with van der Waals surface area (Å²) < 4.78 is 12.8. The quantitative estimate of drug-likeness (QED) is 0.858. The largest absolute Gasteiger partial charge is 0.490 e. The van der Waals surface area contributed by atoms with Gasteiger partial charge in [0, 0.05) is 28.7 Å². The summed E-state index contributed by atoms with van der Waals surface area (Å²) in [5.74, 6) is 0.991. The molecule has 1 atom stereocenters. The highest BCUT2D eigenvalue weighted by Crippen LogP contribution is 2.29. The zero-order chi connectivity index (χ0) is 15.5. The normalized spacial score (nSPS) is 19.0. The van der Waals surface area contributed by atoms with Crippen LogP contribution in [0.4, 0.5) is 0 Å². The maximum Gasteiger partial charge on any atom is 0.126 e. The number of halogens is 1. The topological polar surface area (TPSA) is 30.5 Å². The van der Waals surface area contributed by atoms with Crippen molar-refractivity contribution in [3.8, 4) is 5.75 Å². The molecule has 0 saturated carbocycles. The zero-order valence-electron chi connectivity index (χ0n) is 13.5. The third-order valence-electron chi connectivity index (χ3n) is 3.56. The molecule has 0 radical (unpaired) electrons. The first-order chi connectivity index (χ1) is 9.85. The minimum atomic E-state index is 0.0854. The van der Waals surface area contributed by atoms with E-state index in [1.54, 1.807) is 0 Å². The lowest BCUT2D eigenvalue weighted by Crippen LogP contribution is -2.35. The van der Waals surface area contributed by atoms with Crippen LogP contribution < -0.4 is 10.1 Å². The molecular formula is C17H26BrNO2. The van der Waals surface area contributed by atoms with Crippen LogP contribution in [-0.4, -0.2) is 24.9 Å². The van der Waals surface area contributed by atoms with Crippen LogP contribution in [0.1, 0.15) is 44.7 Å². The second-order valence-corrected chi connectivity index (χ2v) is 7.68. The Hall–Kier alpha value is -0.580. The number of hydrogen-bond donors (Lipinski definition) is 1. The summed E-state index contributed by atoms with van der Waals surface area (Å²) in [6, 6.07) is 4.24. The van der Waals surface area contributed by atoms with Crippen LogP contribution in [0.15, 0.2) is 16.6 Å². The van der Waals surface area contributed by atoms with E-state index in [0.717, 1.165) is 41.8 Å². The molecule has 1 aliphatic rings. The number of nitrogens with one attached hydrogen (secondary N) is 1. The Morgan fingerprint density at radius 2 is 2.14 bits per heavy atom. The van der Waals surface area contributed by atoms with Crippen LogP contribution in [0.25, 0.3) is 0 Å². The maximum atomic E-state index is 6.09. The van der Waals surface area contributed by atoms with Gasteiger partial charge in [-0.25, -0.2) is 0 Å². The van der Waals surface area contributed by atoms with E-state index in [2.05, 4.69) is 61.1 Å². The molecule has 1 aromatic rings. The van der Waals surface area contributed by atoms with Crippen LogP contribution in [0, 0.1) is 6.92 Å². The lowest BCUT2D eigenvalue weighted by molar-refractivity contribution is 0.0673. The van der Waals surface area contributed by atoms with Gasteiger partial charge in [-0.2, -0.15) is 0 Å². The third-order valence-corrected chi connectivity index (χ3v) is 4.02. The highest BCUT2D eigenvalue weighted by atomic mass is 79.9. The van der Waals surface area contributed by atoms with E-state index in [9.17, 15) is 0 Å². The summed E-state index contributed by atoms with van der Waals surface area (Å²) in [4.78, 5) is 0. The van der Waals surface area contributed by atoms with Crippen LogP contribution in [0.2, 0.25) is 0 Å². The van der Waals surface area contributed by atoms with Crippen LogP contribution in [0.5, 0.6) is 5.75 Å². The summed E-state index contributed by atoms with van der Waals surface area (Å²) in [6.45, 7) is 10.9. The summed E-state index contributed by atoms with van der Waals surface area (Å²) in [5, 5.41) is 3.53. The van der Waals surface area contributed by atoms with E-state index in [-0.39, 0.29) is 11.6 Å². The Bertz CT molecular complexity index is 476. The molecule has 118 valence electrons. The molecule has 4 heteroatoms. The molecule has 2 rings (SSSR count). The fourth-order valence-electron chi connectivity index (χ4n) is 2.45. The number of ether oxygens (including phenoxy) is 2. The SMILES string of the molecule is Cc1cc(Br)cc(CNC(C)(C)C)c1OCC1CCCO1. The van der Waals surface area contributed by atoms with Crippen molar-refractivity contribution >= 4 is 15.9 Å². The number of benzene rings is 1. The van der Waals surface area contributed by atoms with Crippen molar-refractivity contribution in [3.05, 3.63) is 27.7 Å².